The first-order chi connectivity index (χ1) is 9.43. The van der Waals surface area contributed by atoms with Gasteiger partial charge in [-0.05, 0) is 18.6 Å². The Morgan fingerprint density at radius 2 is 2.00 bits per heavy atom. The number of non-ortho nitro benzene ring substituents is 1. The molecule has 108 valence electrons. The summed E-state index contributed by atoms with van der Waals surface area (Å²) in [5.74, 6) is -1.40. The van der Waals surface area contributed by atoms with Crippen molar-refractivity contribution in [2.24, 2.45) is 0 Å². The fourth-order valence-corrected chi connectivity index (χ4v) is 2.10. The van der Waals surface area contributed by atoms with Gasteiger partial charge < -0.3 is 10.4 Å². The zero-order chi connectivity index (χ0) is 15.1. The largest absolute Gasteiger partial charge is 0.480 e. The van der Waals surface area contributed by atoms with Crippen LogP contribution in [0.2, 0.25) is 0 Å². The number of carboxylic acid groups (broad SMARTS) is 1. The molecule has 0 unspecified atom stereocenters. The molecule has 1 aromatic carbocycles. The van der Waals surface area contributed by atoms with Crippen LogP contribution in [0.4, 0.5) is 5.69 Å². The molecule has 0 spiro atoms. The Hall–Kier alpha value is -2.09. The molecule has 20 heavy (non-hydrogen) atoms. The van der Waals surface area contributed by atoms with Crippen LogP contribution in [0.25, 0.3) is 0 Å². The second-order valence-corrected chi connectivity index (χ2v) is 4.96. The first-order valence-electron chi connectivity index (χ1n) is 5.83. The van der Waals surface area contributed by atoms with Crippen molar-refractivity contribution in [3.63, 3.8) is 0 Å². The lowest BCUT2D eigenvalue weighted by Crippen LogP contribution is -2.41. The summed E-state index contributed by atoms with van der Waals surface area (Å²) in [6.07, 6.45) is 0.309. The number of nitro groups is 1. The van der Waals surface area contributed by atoms with Gasteiger partial charge in [0.05, 0.1) is 10.7 Å². The Balaban J connectivity index is 2.48. The molecule has 0 aliphatic rings. The van der Waals surface area contributed by atoms with E-state index < -0.39 is 16.9 Å². The lowest BCUT2D eigenvalue weighted by molar-refractivity contribution is -0.384. The standard InChI is InChI=1S/C12H14N2O5S/c1-2-10(12(16)17)13-11(15)7-20-9-5-3-8(4-6-9)14(18)19/h3-6,10H,2,7H2,1H3,(H,13,15)(H,16,17)/t10-/m1/s1. The molecule has 1 atom stereocenters. The van der Waals surface area contributed by atoms with Crippen LogP contribution >= 0.6 is 11.8 Å². The average molecular weight is 298 g/mol. The number of nitro benzene ring substituents is 1. The second kappa shape index (κ2) is 7.49. The number of nitrogens with one attached hydrogen (secondary N) is 1. The van der Waals surface area contributed by atoms with Gasteiger partial charge in [-0.2, -0.15) is 0 Å². The van der Waals surface area contributed by atoms with Gasteiger partial charge in [-0.15, -0.1) is 11.8 Å². The Morgan fingerprint density at radius 3 is 2.45 bits per heavy atom. The lowest BCUT2D eigenvalue weighted by atomic mass is 10.2. The average Bonchev–Trinajstić information content (AvgIpc) is 2.42. The molecule has 0 saturated carbocycles. The number of carboxylic acids is 1. The van der Waals surface area contributed by atoms with Crippen molar-refractivity contribution >= 4 is 29.3 Å². The minimum absolute atomic E-state index is 0.0178. The first kappa shape index (κ1) is 16.0. The van der Waals surface area contributed by atoms with Gasteiger partial charge in [0.15, 0.2) is 0 Å². The molecule has 0 aliphatic carbocycles. The van der Waals surface area contributed by atoms with Crippen LogP contribution in [0.5, 0.6) is 0 Å². The highest BCUT2D eigenvalue weighted by atomic mass is 32.2. The van der Waals surface area contributed by atoms with E-state index in [9.17, 15) is 19.7 Å². The lowest BCUT2D eigenvalue weighted by Gasteiger charge is -2.11. The van der Waals surface area contributed by atoms with Gasteiger partial charge in [0.25, 0.3) is 5.69 Å². The van der Waals surface area contributed by atoms with Gasteiger partial charge in [-0.3, -0.25) is 14.9 Å². The molecule has 1 rings (SSSR count). The quantitative estimate of drug-likeness (QED) is 0.450. The monoisotopic (exact) mass is 298 g/mol. The van der Waals surface area contributed by atoms with Crippen LogP contribution in [-0.4, -0.2) is 33.7 Å². The van der Waals surface area contributed by atoms with E-state index in [0.717, 1.165) is 0 Å². The Labute approximate surface area is 119 Å². The molecule has 0 saturated heterocycles. The SMILES string of the molecule is CC[C@@H](NC(=O)CSc1ccc([N+](=O)[O-])cc1)C(=O)O. The van der Waals surface area contributed by atoms with Crippen molar-refractivity contribution in [2.45, 2.75) is 24.3 Å². The van der Waals surface area contributed by atoms with E-state index in [-0.39, 0.29) is 17.3 Å². The number of aliphatic carboxylic acids is 1. The normalized spacial score (nSPS) is 11.7. The van der Waals surface area contributed by atoms with E-state index >= 15 is 0 Å². The maximum Gasteiger partial charge on any atom is 0.326 e. The molecule has 0 bridgehead atoms. The van der Waals surface area contributed by atoms with Gasteiger partial charge in [0.2, 0.25) is 5.91 Å². The number of thioether (sulfide) groups is 1. The van der Waals surface area contributed by atoms with Crippen molar-refractivity contribution in [1.29, 1.82) is 0 Å². The summed E-state index contributed by atoms with van der Waals surface area (Å²) in [6, 6.07) is 4.91. The maximum absolute atomic E-state index is 11.6. The van der Waals surface area contributed by atoms with Crippen molar-refractivity contribution < 1.29 is 19.6 Å². The number of rotatable bonds is 7. The summed E-state index contributed by atoms with van der Waals surface area (Å²) in [7, 11) is 0. The summed E-state index contributed by atoms with van der Waals surface area (Å²) in [4.78, 5) is 33.0. The van der Waals surface area contributed by atoms with Gasteiger partial charge >= 0.3 is 5.97 Å². The minimum Gasteiger partial charge on any atom is -0.480 e. The molecule has 1 aromatic rings. The molecule has 0 heterocycles. The molecular weight excluding hydrogens is 284 g/mol. The molecule has 0 aliphatic heterocycles. The first-order valence-corrected chi connectivity index (χ1v) is 6.82. The van der Waals surface area contributed by atoms with E-state index in [1.54, 1.807) is 19.1 Å². The summed E-state index contributed by atoms with van der Waals surface area (Å²) in [6.45, 7) is 1.67. The number of nitrogens with zero attached hydrogens (tertiary/aromatic N) is 1. The van der Waals surface area contributed by atoms with E-state index in [2.05, 4.69) is 5.32 Å². The highest BCUT2D eigenvalue weighted by Crippen LogP contribution is 2.21. The zero-order valence-corrected chi connectivity index (χ0v) is 11.6. The molecule has 2 N–H and O–H groups in total. The number of carbonyl (C=O) groups excluding carboxylic acids is 1. The van der Waals surface area contributed by atoms with Crippen LogP contribution in [0, 0.1) is 10.1 Å². The molecule has 8 heteroatoms. The number of carbonyl (C=O) groups is 2. The fraction of sp³-hybridized carbons (Fsp3) is 0.333. The van der Waals surface area contributed by atoms with Crippen LogP contribution in [0.3, 0.4) is 0 Å². The third-order valence-electron chi connectivity index (χ3n) is 2.46. The predicted octanol–water partition coefficient (Wildman–Crippen LogP) is 1.67. The predicted molar refractivity (Wildman–Crippen MR) is 73.7 cm³/mol. The number of benzene rings is 1. The third kappa shape index (κ3) is 4.88. The third-order valence-corrected chi connectivity index (χ3v) is 3.47. The molecule has 1 amide bonds. The zero-order valence-electron chi connectivity index (χ0n) is 10.7. The fourth-order valence-electron chi connectivity index (χ4n) is 1.39. The maximum atomic E-state index is 11.6. The number of amides is 1. The van der Waals surface area contributed by atoms with Gasteiger partial charge in [0.1, 0.15) is 6.04 Å². The smallest absolute Gasteiger partial charge is 0.326 e. The van der Waals surface area contributed by atoms with Crippen LogP contribution in [0.15, 0.2) is 29.2 Å². The van der Waals surface area contributed by atoms with E-state index in [1.807, 2.05) is 0 Å². The molecule has 0 aromatic heterocycles. The minimum atomic E-state index is -1.07. The van der Waals surface area contributed by atoms with Crippen LogP contribution in [0.1, 0.15) is 13.3 Å². The van der Waals surface area contributed by atoms with Gasteiger partial charge in [0, 0.05) is 17.0 Å². The highest BCUT2D eigenvalue weighted by Gasteiger charge is 2.17. The van der Waals surface area contributed by atoms with Crippen molar-refractivity contribution in [2.75, 3.05) is 5.75 Å². The molecular formula is C12H14N2O5S. The summed E-state index contributed by atoms with van der Waals surface area (Å²) in [5, 5.41) is 21.7. The topological polar surface area (TPSA) is 110 Å². The number of hydrogen-bond donors (Lipinski definition) is 2. The van der Waals surface area contributed by atoms with E-state index in [4.69, 9.17) is 5.11 Å². The highest BCUT2D eigenvalue weighted by molar-refractivity contribution is 8.00. The van der Waals surface area contributed by atoms with E-state index in [0.29, 0.717) is 11.3 Å². The summed E-state index contributed by atoms with van der Waals surface area (Å²) in [5.41, 5.74) is -0.0178. The Morgan fingerprint density at radius 1 is 1.40 bits per heavy atom. The summed E-state index contributed by atoms with van der Waals surface area (Å²) < 4.78 is 0. The Bertz CT molecular complexity index is 503. The van der Waals surface area contributed by atoms with Gasteiger partial charge in [-0.1, -0.05) is 6.92 Å². The molecule has 7 nitrogen and oxygen atoms in total. The van der Waals surface area contributed by atoms with Crippen molar-refractivity contribution in [1.82, 2.24) is 5.32 Å². The molecule has 0 radical (unpaired) electrons. The van der Waals surface area contributed by atoms with Crippen molar-refractivity contribution in [3.05, 3.63) is 34.4 Å². The van der Waals surface area contributed by atoms with Crippen LogP contribution in [-0.2, 0) is 9.59 Å². The van der Waals surface area contributed by atoms with E-state index in [1.165, 1.54) is 23.9 Å². The molecule has 0 fully saturated rings. The summed E-state index contributed by atoms with van der Waals surface area (Å²) >= 11 is 1.19. The van der Waals surface area contributed by atoms with Gasteiger partial charge in [-0.25, -0.2) is 4.79 Å². The van der Waals surface area contributed by atoms with Crippen LogP contribution < -0.4 is 5.32 Å². The second-order valence-electron chi connectivity index (χ2n) is 3.91. The number of hydrogen-bond acceptors (Lipinski definition) is 5. The Kier molecular flexibility index (Phi) is 5.98. The van der Waals surface area contributed by atoms with Crippen molar-refractivity contribution in [3.8, 4) is 0 Å².